The first-order valence-electron chi connectivity index (χ1n) is 10.6. The van der Waals surface area contributed by atoms with Crippen LogP contribution >= 0.6 is 0 Å². The molecule has 1 aromatic heterocycles. The molecule has 4 rings (SSSR count). The van der Waals surface area contributed by atoms with E-state index in [1.54, 1.807) is 0 Å². The van der Waals surface area contributed by atoms with E-state index in [-0.39, 0.29) is 16.2 Å². The normalized spacial score (nSPS) is 17.6. The fraction of sp³-hybridized carbons (Fsp3) is 0.476. The average Bonchev–Trinajstić information content (AvgIpc) is 3.33. The molecule has 32 heavy (non-hydrogen) atoms. The summed E-state index contributed by atoms with van der Waals surface area (Å²) in [6.07, 6.45) is 2.29. The van der Waals surface area contributed by atoms with Crippen molar-refractivity contribution < 1.29 is 17.9 Å². The number of rotatable bonds is 6. The zero-order valence-electron chi connectivity index (χ0n) is 18.3. The van der Waals surface area contributed by atoms with Crippen LogP contribution in [0.3, 0.4) is 0 Å². The van der Waals surface area contributed by atoms with Crippen molar-refractivity contribution in [1.82, 2.24) is 14.3 Å². The highest BCUT2D eigenvalue weighted by Crippen LogP contribution is 2.26. The number of hydrogen-bond donors (Lipinski definition) is 1. The minimum atomic E-state index is -3.78. The van der Waals surface area contributed by atoms with Crippen LogP contribution in [0.25, 0.3) is 0 Å². The molecule has 2 aliphatic rings. The van der Waals surface area contributed by atoms with Crippen LogP contribution in [-0.4, -0.2) is 75.0 Å². The van der Waals surface area contributed by atoms with Gasteiger partial charge in [0.1, 0.15) is 11.6 Å². The maximum Gasteiger partial charge on any atom is 0.252 e. The molecule has 0 saturated carbocycles. The van der Waals surface area contributed by atoms with Gasteiger partial charge in [0, 0.05) is 51.0 Å². The van der Waals surface area contributed by atoms with Crippen LogP contribution in [0.1, 0.15) is 28.9 Å². The molecule has 2 fully saturated rings. The first kappa shape index (κ1) is 22.3. The van der Waals surface area contributed by atoms with Crippen LogP contribution in [0.5, 0.6) is 5.75 Å². The van der Waals surface area contributed by atoms with Crippen LogP contribution < -0.4 is 20.3 Å². The molecule has 2 aromatic rings. The zero-order chi connectivity index (χ0) is 22.9. The Bertz CT molecular complexity index is 1110. The predicted molar refractivity (Wildman–Crippen MR) is 121 cm³/mol. The number of aryl methyl sites for hydroxylation is 1. The molecular formula is C21H28N6O4S. The van der Waals surface area contributed by atoms with Gasteiger partial charge < -0.3 is 20.3 Å². The van der Waals surface area contributed by atoms with Crippen molar-refractivity contribution in [2.24, 2.45) is 5.73 Å². The lowest BCUT2D eigenvalue weighted by Crippen LogP contribution is -2.49. The second kappa shape index (κ2) is 8.91. The summed E-state index contributed by atoms with van der Waals surface area (Å²) in [5.74, 6) is 1.06. The molecule has 172 valence electrons. The number of anilines is 2. The van der Waals surface area contributed by atoms with Crippen LogP contribution in [0, 0.1) is 6.92 Å². The molecule has 0 radical (unpaired) electrons. The van der Waals surface area contributed by atoms with Crippen molar-refractivity contribution in [3.63, 3.8) is 0 Å². The number of piperazine rings is 1. The lowest BCUT2D eigenvalue weighted by molar-refractivity contribution is 0.0997. The van der Waals surface area contributed by atoms with Gasteiger partial charge in [-0.05, 0) is 38.0 Å². The summed E-state index contributed by atoms with van der Waals surface area (Å²) in [6.45, 7) is 5.51. The number of aromatic nitrogens is 2. The first-order valence-corrected chi connectivity index (χ1v) is 12.1. The second-order valence-electron chi connectivity index (χ2n) is 7.98. The van der Waals surface area contributed by atoms with Gasteiger partial charge in [0.05, 0.1) is 17.6 Å². The maximum atomic E-state index is 13.2. The molecule has 2 saturated heterocycles. The third-order valence-corrected chi connectivity index (χ3v) is 7.75. The average molecular weight is 461 g/mol. The molecule has 11 heteroatoms. The Kier molecular flexibility index (Phi) is 6.20. The van der Waals surface area contributed by atoms with Gasteiger partial charge in [0.2, 0.25) is 16.0 Å². The van der Waals surface area contributed by atoms with E-state index in [1.165, 1.54) is 29.6 Å². The molecule has 0 unspecified atom stereocenters. The fourth-order valence-corrected chi connectivity index (χ4v) is 5.55. The molecule has 0 atom stereocenters. The van der Waals surface area contributed by atoms with Gasteiger partial charge in [-0.2, -0.15) is 9.29 Å². The topological polar surface area (TPSA) is 122 Å². The third kappa shape index (κ3) is 4.35. The highest BCUT2D eigenvalue weighted by molar-refractivity contribution is 7.89. The molecule has 3 heterocycles. The lowest BCUT2D eigenvalue weighted by atomic mass is 10.2. The zero-order valence-corrected chi connectivity index (χ0v) is 19.1. The molecule has 0 spiro atoms. The van der Waals surface area contributed by atoms with Gasteiger partial charge in [0.25, 0.3) is 5.91 Å². The number of carbonyl (C=O) groups is 1. The number of sulfonamides is 1. The van der Waals surface area contributed by atoms with Crippen molar-refractivity contribution in [2.75, 3.05) is 56.2 Å². The van der Waals surface area contributed by atoms with Crippen LogP contribution in [0.4, 0.5) is 11.8 Å². The molecule has 0 bridgehead atoms. The van der Waals surface area contributed by atoms with E-state index in [4.69, 9.17) is 15.5 Å². The van der Waals surface area contributed by atoms with Gasteiger partial charge in [0.15, 0.2) is 0 Å². The Morgan fingerprint density at radius 2 is 1.69 bits per heavy atom. The minimum absolute atomic E-state index is 0.0229. The summed E-state index contributed by atoms with van der Waals surface area (Å²) in [5, 5.41) is 0. The van der Waals surface area contributed by atoms with Crippen molar-refractivity contribution in [2.45, 2.75) is 24.7 Å². The number of nitrogens with two attached hydrogens (primary N) is 1. The quantitative estimate of drug-likeness (QED) is 0.678. The van der Waals surface area contributed by atoms with Crippen molar-refractivity contribution in [1.29, 1.82) is 0 Å². The Morgan fingerprint density at radius 1 is 1.00 bits per heavy atom. The van der Waals surface area contributed by atoms with Gasteiger partial charge >= 0.3 is 0 Å². The smallest absolute Gasteiger partial charge is 0.252 e. The summed E-state index contributed by atoms with van der Waals surface area (Å²) in [6, 6.07) is 6.10. The van der Waals surface area contributed by atoms with Gasteiger partial charge in [-0.15, -0.1) is 0 Å². The van der Waals surface area contributed by atoms with E-state index in [1.807, 2.05) is 13.0 Å². The highest BCUT2D eigenvalue weighted by Gasteiger charge is 2.30. The molecule has 0 aliphatic carbocycles. The largest absolute Gasteiger partial charge is 0.496 e. The number of amides is 1. The standard InChI is InChI=1S/C21H28N6O4S/c1-15-13-19(24-21(23-15)26-7-3-4-8-26)25-9-11-27(12-10-25)32(29,30)16-5-6-18(31-2)17(14-16)20(22)28/h5-6,13-14H,3-4,7-12H2,1-2H3,(H2,22,28). The Morgan fingerprint density at radius 3 is 2.31 bits per heavy atom. The SMILES string of the molecule is COc1ccc(S(=O)(=O)N2CCN(c3cc(C)nc(N4CCCC4)n3)CC2)cc1C(N)=O. The summed E-state index contributed by atoms with van der Waals surface area (Å²) < 4.78 is 32.9. The minimum Gasteiger partial charge on any atom is -0.496 e. The molecular weight excluding hydrogens is 432 g/mol. The van der Waals surface area contributed by atoms with Gasteiger partial charge in [-0.1, -0.05) is 0 Å². The maximum absolute atomic E-state index is 13.2. The predicted octanol–water partition coefficient (Wildman–Crippen LogP) is 1.00. The van der Waals surface area contributed by atoms with E-state index >= 15 is 0 Å². The van der Waals surface area contributed by atoms with E-state index in [9.17, 15) is 13.2 Å². The fourth-order valence-electron chi connectivity index (χ4n) is 4.10. The molecule has 2 N–H and O–H groups in total. The Balaban J connectivity index is 1.50. The number of primary amides is 1. The summed E-state index contributed by atoms with van der Waals surface area (Å²) in [5.41, 5.74) is 6.32. The molecule has 1 aromatic carbocycles. The van der Waals surface area contributed by atoms with Crippen molar-refractivity contribution in [3.8, 4) is 5.75 Å². The summed E-state index contributed by atoms with van der Waals surface area (Å²) in [7, 11) is -2.37. The molecule has 2 aliphatic heterocycles. The number of benzene rings is 1. The van der Waals surface area contributed by atoms with E-state index in [2.05, 4.69) is 14.8 Å². The van der Waals surface area contributed by atoms with Crippen LogP contribution in [0.15, 0.2) is 29.2 Å². The number of methoxy groups -OCH3 is 1. The Hall–Kier alpha value is -2.92. The van der Waals surface area contributed by atoms with Gasteiger partial charge in [-0.25, -0.2) is 13.4 Å². The first-order chi connectivity index (χ1) is 15.3. The number of nitrogens with zero attached hydrogens (tertiary/aromatic N) is 5. The van der Waals surface area contributed by atoms with Gasteiger partial charge in [-0.3, -0.25) is 4.79 Å². The number of carbonyl (C=O) groups excluding carboxylic acids is 1. The Labute approximate surface area is 188 Å². The molecule has 10 nitrogen and oxygen atoms in total. The number of hydrogen-bond acceptors (Lipinski definition) is 8. The second-order valence-corrected chi connectivity index (χ2v) is 9.92. The monoisotopic (exact) mass is 460 g/mol. The van der Waals surface area contributed by atoms with E-state index in [0.29, 0.717) is 26.2 Å². The van der Waals surface area contributed by atoms with Crippen LogP contribution in [0.2, 0.25) is 0 Å². The third-order valence-electron chi connectivity index (χ3n) is 5.85. The van der Waals surface area contributed by atoms with Crippen molar-refractivity contribution >= 4 is 27.7 Å². The highest BCUT2D eigenvalue weighted by atomic mass is 32.2. The van der Waals surface area contributed by atoms with Crippen LogP contribution in [-0.2, 0) is 10.0 Å². The van der Waals surface area contributed by atoms with Crippen molar-refractivity contribution in [3.05, 3.63) is 35.5 Å². The summed E-state index contributed by atoms with van der Waals surface area (Å²) >= 11 is 0. The van der Waals surface area contributed by atoms with E-state index in [0.717, 1.165) is 43.4 Å². The summed E-state index contributed by atoms with van der Waals surface area (Å²) in [4.78, 5) is 25.3. The van der Waals surface area contributed by atoms with E-state index < -0.39 is 15.9 Å². The lowest BCUT2D eigenvalue weighted by Gasteiger charge is -2.35. The molecule has 1 amide bonds. The number of ether oxygens (including phenoxy) is 1.